The zero-order chi connectivity index (χ0) is 19.4. The minimum Gasteiger partial charge on any atom is -0.481 e. The fraction of sp³-hybridized carbons (Fsp3) is 0.824. The van der Waals surface area contributed by atoms with Gasteiger partial charge < -0.3 is 24.4 Å². The second-order valence-corrected chi connectivity index (χ2v) is 8.19. The summed E-state index contributed by atoms with van der Waals surface area (Å²) < 4.78 is 10.8. The molecule has 1 rings (SSSR count). The molecule has 1 N–H and O–H groups in total. The van der Waals surface area contributed by atoms with Crippen LogP contribution in [0.1, 0.15) is 54.4 Å². The maximum Gasteiger partial charge on any atom is 0.410 e. The average Bonchev–Trinajstić information content (AvgIpc) is 2.41. The summed E-state index contributed by atoms with van der Waals surface area (Å²) in [7, 11) is 0. The summed E-state index contributed by atoms with van der Waals surface area (Å²) >= 11 is 0. The Bertz CT molecular complexity index is 506. The first-order valence-corrected chi connectivity index (χ1v) is 8.48. The largest absolute Gasteiger partial charge is 0.481 e. The van der Waals surface area contributed by atoms with E-state index in [9.17, 15) is 14.4 Å². The van der Waals surface area contributed by atoms with Crippen molar-refractivity contribution in [2.75, 3.05) is 19.6 Å². The molecule has 1 heterocycles. The molecule has 0 aromatic rings. The van der Waals surface area contributed by atoms with Gasteiger partial charge >= 0.3 is 18.2 Å². The summed E-state index contributed by atoms with van der Waals surface area (Å²) in [6.07, 6.45) is -0.802. The number of hydrogen-bond acceptors (Lipinski definition) is 5. The van der Waals surface area contributed by atoms with Crippen molar-refractivity contribution < 1.29 is 29.0 Å². The number of ether oxygens (including phenoxy) is 2. The number of carbonyl (C=O) groups is 3. The lowest BCUT2D eigenvalue weighted by Crippen LogP contribution is -2.58. The Labute approximate surface area is 149 Å². The Hall–Kier alpha value is -1.99. The lowest BCUT2D eigenvalue weighted by atomic mass is 10.1. The van der Waals surface area contributed by atoms with Crippen molar-refractivity contribution >= 4 is 18.2 Å². The number of hydrogen-bond donors (Lipinski definition) is 1. The van der Waals surface area contributed by atoms with Gasteiger partial charge in [-0.15, -0.1) is 0 Å². The van der Waals surface area contributed by atoms with E-state index >= 15 is 0 Å². The standard InChI is InChI=1S/C17H30N2O6/c1-16(2,3)24-14(22)18-9-10-19(15(23)25-17(4,5)6)12(11-18)7-8-13(20)21/h12H,7-11H2,1-6H3,(H,20,21)/t12-/m0/s1. The van der Waals surface area contributed by atoms with Gasteiger partial charge in [0.2, 0.25) is 0 Å². The quantitative estimate of drug-likeness (QED) is 0.833. The van der Waals surface area contributed by atoms with Crippen LogP contribution in [-0.4, -0.2) is 69.9 Å². The highest BCUT2D eigenvalue weighted by Gasteiger charge is 2.36. The number of piperazine rings is 1. The van der Waals surface area contributed by atoms with Gasteiger partial charge in [0.1, 0.15) is 11.2 Å². The van der Waals surface area contributed by atoms with E-state index in [1.165, 1.54) is 9.80 Å². The van der Waals surface area contributed by atoms with Gasteiger partial charge in [0.25, 0.3) is 0 Å². The monoisotopic (exact) mass is 358 g/mol. The van der Waals surface area contributed by atoms with Crippen LogP contribution in [0, 0.1) is 0 Å². The molecule has 0 aromatic heterocycles. The minimum absolute atomic E-state index is 0.0911. The molecule has 1 aliphatic heterocycles. The zero-order valence-electron chi connectivity index (χ0n) is 16.0. The van der Waals surface area contributed by atoms with E-state index in [2.05, 4.69) is 0 Å². The van der Waals surface area contributed by atoms with E-state index in [0.29, 0.717) is 6.54 Å². The number of carboxylic acid groups (broad SMARTS) is 1. The maximum absolute atomic E-state index is 12.4. The molecule has 0 aromatic carbocycles. The summed E-state index contributed by atoms with van der Waals surface area (Å²) in [6, 6.07) is -0.424. The Morgan fingerprint density at radius 2 is 1.48 bits per heavy atom. The van der Waals surface area contributed by atoms with E-state index in [-0.39, 0.29) is 25.9 Å². The second-order valence-electron chi connectivity index (χ2n) is 8.19. The molecule has 1 saturated heterocycles. The van der Waals surface area contributed by atoms with Crippen LogP contribution >= 0.6 is 0 Å². The number of aliphatic carboxylic acids is 1. The van der Waals surface area contributed by atoms with Crippen molar-refractivity contribution in [1.29, 1.82) is 0 Å². The van der Waals surface area contributed by atoms with E-state index in [4.69, 9.17) is 14.6 Å². The van der Waals surface area contributed by atoms with Crippen molar-refractivity contribution in [3.05, 3.63) is 0 Å². The molecule has 25 heavy (non-hydrogen) atoms. The van der Waals surface area contributed by atoms with E-state index in [0.717, 1.165) is 0 Å². The van der Waals surface area contributed by atoms with Crippen molar-refractivity contribution in [3.8, 4) is 0 Å². The minimum atomic E-state index is -0.946. The molecule has 0 spiro atoms. The Balaban J connectivity index is 2.82. The number of rotatable bonds is 3. The molecule has 0 unspecified atom stereocenters. The molecule has 0 aliphatic carbocycles. The highest BCUT2D eigenvalue weighted by atomic mass is 16.6. The summed E-state index contributed by atoms with van der Waals surface area (Å²) in [5.41, 5.74) is -1.26. The third-order valence-electron chi connectivity index (χ3n) is 3.45. The van der Waals surface area contributed by atoms with Crippen molar-refractivity contribution in [3.63, 3.8) is 0 Å². The second kappa shape index (κ2) is 7.93. The summed E-state index contributed by atoms with van der Waals surface area (Å²) in [5.74, 6) is -0.946. The first-order chi connectivity index (χ1) is 11.3. The van der Waals surface area contributed by atoms with E-state index < -0.39 is 35.4 Å². The van der Waals surface area contributed by atoms with Crippen LogP contribution in [-0.2, 0) is 14.3 Å². The van der Waals surface area contributed by atoms with Crippen LogP contribution in [0.2, 0.25) is 0 Å². The van der Waals surface area contributed by atoms with E-state index in [1.807, 2.05) is 0 Å². The molecule has 0 bridgehead atoms. The number of nitrogens with zero attached hydrogens (tertiary/aromatic N) is 2. The molecular formula is C17H30N2O6. The van der Waals surface area contributed by atoms with Crippen LogP contribution < -0.4 is 0 Å². The maximum atomic E-state index is 12.4. The van der Waals surface area contributed by atoms with Gasteiger partial charge in [-0.1, -0.05) is 0 Å². The van der Waals surface area contributed by atoms with Gasteiger partial charge in [0.05, 0.1) is 6.04 Å². The molecule has 8 nitrogen and oxygen atoms in total. The Morgan fingerprint density at radius 3 is 1.96 bits per heavy atom. The van der Waals surface area contributed by atoms with Crippen LogP contribution in [0.25, 0.3) is 0 Å². The average molecular weight is 358 g/mol. The molecule has 1 atom stereocenters. The number of carbonyl (C=O) groups excluding carboxylic acids is 2. The molecule has 0 saturated carbocycles. The summed E-state index contributed by atoms with van der Waals surface area (Å²) in [4.78, 5) is 38.6. The molecule has 0 radical (unpaired) electrons. The third kappa shape index (κ3) is 7.62. The topological polar surface area (TPSA) is 96.4 Å². The molecule has 2 amide bonds. The third-order valence-corrected chi connectivity index (χ3v) is 3.45. The van der Waals surface area contributed by atoms with Gasteiger partial charge in [0, 0.05) is 26.1 Å². The molecule has 1 fully saturated rings. The highest BCUT2D eigenvalue weighted by Crippen LogP contribution is 2.20. The van der Waals surface area contributed by atoms with Crippen LogP contribution in [0.15, 0.2) is 0 Å². The van der Waals surface area contributed by atoms with Crippen LogP contribution in [0.3, 0.4) is 0 Å². The van der Waals surface area contributed by atoms with Gasteiger partial charge in [-0.25, -0.2) is 9.59 Å². The SMILES string of the molecule is CC(C)(C)OC(=O)N1CCN(C(=O)OC(C)(C)C)[C@@H](CCC(=O)O)C1. The molecule has 144 valence electrons. The van der Waals surface area contributed by atoms with Gasteiger partial charge in [-0.05, 0) is 48.0 Å². The van der Waals surface area contributed by atoms with Crippen LogP contribution in [0.4, 0.5) is 9.59 Å². The van der Waals surface area contributed by atoms with Gasteiger partial charge in [-0.3, -0.25) is 4.79 Å². The number of amides is 2. The summed E-state index contributed by atoms with van der Waals surface area (Å²) in [6.45, 7) is 11.5. The van der Waals surface area contributed by atoms with Gasteiger partial charge in [0.15, 0.2) is 0 Å². The first-order valence-electron chi connectivity index (χ1n) is 8.48. The fourth-order valence-electron chi connectivity index (χ4n) is 2.45. The molecule has 1 aliphatic rings. The first kappa shape index (κ1) is 21.1. The predicted octanol–water partition coefficient (Wildman–Crippen LogP) is 2.71. The van der Waals surface area contributed by atoms with Crippen molar-refractivity contribution in [1.82, 2.24) is 9.80 Å². The van der Waals surface area contributed by atoms with E-state index in [1.54, 1.807) is 41.5 Å². The fourth-order valence-corrected chi connectivity index (χ4v) is 2.45. The van der Waals surface area contributed by atoms with Crippen molar-refractivity contribution in [2.24, 2.45) is 0 Å². The van der Waals surface area contributed by atoms with Crippen LogP contribution in [0.5, 0.6) is 0 Å². The lowest BCUT2D eigenvalue weighted by Gasteiger charge is -2.41. The molecular weight excluding hydrogens is 328 g/mol. The lowest BCUT2D eigenvalue weighted by molar-refractivity contribution is -0.137. The molecule has 8 heteroatoms. The Kier molecular flexibility index (Phi) is 6.68. The zero-order valence-corrected chi connectivity index (χ0v) is 16.0. The summed E-state index contributed by atoms with van der Waals surface area (Å²) in [5, 5.41) is 8.94. The van der Waals surface area contributed by atoms with Crippen molar-refractivity contribution in [2.45, 2.75) is 71.6 Å². The normalized spacial score (nSPS) is 18.7. The Morgan fingerprint density at radius 1 is 0.960 bits per heavy atom. The smallest absolute Gasteiger partial charge is 0.410 e. The highest BCUT2D eigenvalue weighted by molar-refractivity contribution is 5.71. The number of carboxylic acids is 1. The predicted molar refractivity (Wildman–Crippen MR) is 91.4 cm³/mol. The van der Waals surface area contributed by atoms with Gasteiger partial charge in [-0.2, -0.15) is 0 Å².